The van der Waals surface area contributed by atoms with Gasteiger partial charge in [0.25, 0.3) is 0 Å². The van der Waals surface area contributed by atoms with Crippen LogP contribution in [0.5, 0.6) is 0 Å². The number of allylic oxidation sites excluding steroid dienone is 4. The fraction of sp³-hybridized carbons (Fsp3) is 0.875. The van der Waals surface area contributed by atoms with Crippen LogP contribution in [0.2, 0.25) is 0 Å². The van der Waals surface area contributed by atoms with Gasteiger partial charge in [-0.3, -0.25) is 14.2 Å². The predicted molar refractivity (Wildman–Crippen MR) is 244 cm³/mol. The largest absolute Gasteiger partial charge is 0.462 e. The lowest BCUT2D eigenvalue weighted by atomic mass is 10.1. The molecule has 348 valence electrons. The lowest BCUT2D eigenvalue weighted by Crippen LogP contribution is -2.50. The Bertz CT molecular complexity index is 1100. The number of unbranched alkanes of at least 4 members (excludes halogenated alkanes) is 22. The van der Waals surface area contributed by atoms with Crippen LogP contribution < -0.4 is 0 Å². The van der Waals surface area contributed by atoms with Crippen molar-refractivity contribution in [2.45, 2.75) is 238 Å². The number of hydrogen-bond acceptors (Lipinski definition) is 8. The zero-order valence-corrected chi connectivity index (χ0v) is 39.7. The van der Waals surface area contributed by atoms with Crippen molar-refractivity contribution in [3.63, 3.8) is 0 Å². The first-order valence-electron chi connectivity index (χ1n) is 24.2. The van der Waals surface area contributed by atoms with E-state index in [0.29, 0.717) is 25.7 Å². The Morgan fingerprint density at radius 2 is 0.966 bits per heavy atom. The maximum absolute atomic E-state index is 13.7. The van der Waals surface area contributed by atoms with Crippen molar-refractivity contribution in [3.8, 4) is 0 Å². The van der Waals surface area contributed by atoms with Crippen LogP contribution in [0.15, 0.2) is 24.3 Å². The molecule has 0 amide bonds. The Morgan fingerprint density at radius 3 is 1.39 bits per heavy atom. The van der Waals surface area contributed by atoms with Gasteiger partial charge in [0.2, 0.25) is 0 Å². The van der Waals surface area contributed by atoms with E-state index >= 15 is 0 Å². The van der Waals surface area contributed by atoms with Crippen LogP contribution in [-0.2, 0) is 28.2 Å². The molecule has 2 unspecified atom stereocenters. The first-order chi connectivity index (χ1) is 28.4. The fourth-order valence-electron chi connectivity index (χ4n) is 7.34. The van der Waals surface area contributed by atoms with Crippen molar-refractivity contribution in [1.29, 1.82) is 0 Å². The maximum Gasteiger partial charge on any atom is 0.385 e. The lowest BCUT2D eigenvalue weighted by molar-refractivity contribution is -0.904. The summed E-state index contributed by atoms with van der Waals surface area (Å²) in [7, 11) is -0.755. The van der Waals surface area contributed by atoms with Crippen LogP contribution >= 0.6 is 7.60 Å². The molecule has 3 N–H and O–H groups in total. The number of rotatable bonds is 43. The minimum absolute atomic E-state index is 0.0382. The molecule has 59 heavy (non-hydrogen) atoms. The van der Waals surface area contributed by atoms with Gasteiger partial charge in [-0.05, 0) is 70.6 Å². The van der Waals surface area contributed by atoms with E-state index < -0.39 is 44.3 Å². The third kappa shape index (κ3) is 35.7. The van der Waals surface area contributed by atoms with E-state index in [4.69, 9.17) is 14.0 Å². The first-order valence-corrected chi connectivity index (χ1v) is 25.8. The number of nitrogens with zero attached hydrogens (tertiary/aromatic N) is 1. The molecule has 0 aliphatic carbocycles. The van der Waals surface area contributed by atoms with Gasteiger partial charge in [-0.25, -0.2) is 0 Å². The molecule has 0 aliphatic heterocycles. The van der Waals surface area contributed by atoms with Gasteiger partial charge >= 0.3 is 19.5 Å². The summed E-state index contributed by atoms with van der Waals surface area (Å²) < 4.78 is 30.6. The zero-order chi connectivity index (χ0) is 43.9. The first kappa shape index (κ1) is 57.4. The second-order valence-electron chi connectivity index (χ2n) is 17.4. The third-order valence-electron chi connectivity index (χ3n) is 11.2. The number of carbonyl (C=O) groups is 2. The molecular weight excluding hydrogens is 765 g/mol. The van der Waals surface area contributed by atoms with Crippen molar-refractivity contribution in [2.24, 2.45) is 0 Å². The Kier molecular flexibility index (Phi) is 38.3. The van der Waals surface area contributed by atoms with E-state index in [1.165, 1.54) is 89.9 Å². The standard InChI is InChI=1S/C48H92NO9P/c1-6-9-11-13-15-17-19-21-23-25-27-29-31-33-35-38-47(52)56-42-44(43-57-59(54,55)45(37-8-3)49(4,5)41-40-46(50)51)58-48(53)39-36-34-32-30-28-26-24-22-20-18-16-14-12-10-7-2/h21-24,44-46,50-51H,6-20,25-43H2,1-5H3/p+1/b23-21-,24-22-/t44-,45?/m1/s1. The highest BCUT2D eigenvalue weighted by Gasteiger charge is 2.44. The number of hydrogen-bond donors (Lipinski definition) is 3. The average Bonchev–Trinajstić information content (AvgIpc) is 3.20. The van der Waals surface area contributed by atoms with Crippen molar-refractivity contribution in [3.05, 3.63) is 24.3 Å². The van der Waals surface area contributed by atoms with E-state index in [-0.39, 0.29) is 36.9 Å². The fourth-order valence-corrected chi connectivity index (χ4v) is 9.38. The van der Waals surface area contributed by atoms with Gasteiger partial charge in [-0.15, -0.1) is 0 Å². The number of carbonyl (C=O) groups excluding carboxylic acids is 2. The van der Waals surface area contributed by atoms with Crippen LogP contribution in [-0.4, -0.2) is 83.6 Å². The summed E-state index contributed by atoms with van der Waals surface area (Å²) in [5, 5.41) is 18.9. The summed E-state index contributed by atoms with van der Waals surface area (Å²) in [6.07, 6.45) is 38.4. The number of ether oxygens (including phenoxy) is 2. The Balaban J connectivity index is 4.82. The van der Waals surface area contributed by atoms with Crippen LogP contribution in [0.1, 0.15) is 220 Å². The molecule has 0 saturated carbocycles. The number of quaternary nitrogens is 1. The number of aliphatic hydroxyl groups excluding tert-OH is 1. The molecule has 0 aromatic rings. The van der Waals surface area contributed by atoms with Gasteiger partial charge < -0.3 is 33.6 Å². The SMILES string of the molecule is CCCCCCCC/C=C\CCCCCCCC(=O)OC[C@H](COP(=O)(O)C(CCC)[N+](C)(C)CCC(O)O)OC(=O)CCCCCCC/C=C\CCCCCCCC. The molecule has 3 atom stereocenters. The Labute approximate surface area is 362 Å². The second-order valence-corrected chi connectivity index (χ2v) is 19.3. The lowest BCUT2D eigenvalue weighted by Gasteiger charge is -2.39. The van der Waals surface area contributed by atoms with Gasteiger partial charge in [0.15, 0.2) is 18.2 Å². The van der Waals surface area contributed by atoms with Gasteiger partial charge in [0, 0.05) is 25.7 Å². The van der Waals surface area contributed by atoms with Crippen LogP contribution in [0.25, 0.3) is 0 Å². The highest BCUT2D eigenvalue weighted by molar-refractivity contribution is 7.53. The van der Waals surface area contributed by atoms with Crippen LogP contribution in [0.3, 0.4) is 0 Å². The van der Waals surface area contributed by atoms with Crippen molar-refractivity contribution >= 4 is 19.5 Å². The van der Waals surface area contributed by atoms with Crippen molar-refractivity contribution in [1.82, 2.24) is 0 Å². The average molecular weight is 859 g/mol. The molecule has 0 rings (SSSR count). The normalized spacial score (nSPS) is 14.3. The van der Waals surface area contributed by atoms with Gasteiger partial charge in [0.1, 0.15) is 6.61 Å². The van der Waals surface area contributed by atoms with E-state index in [0.717, 1.165) is 64.2 Å². The summed E-state index contributed by atoms with van der Waals surface area (Å²) in [5.41, 5.74) is 0. The molecule has 0 heterocycles. The highest BCUT2D eigenvalue weighted by atomic mass is 31.2. The van der Waals surface area contributed by atoms with Crippen molar-refractivity contribution in [2.75, 3.05) is 33.9 Å². The molecule has 11 heteroatoms. The van der Waals surface area contributed by atoms with Crippen LogP contribution in [0.4, 0.5) is 0 Å². The summed E-state index contributed by atoms with van der Waals surface area (Å²) in [5.74, 6) is -1.67. The minimum Gasteiger partial charge on any atom is -0.462 e. The molecule has 0 aromatic carbocycles. The smallest absolute Gasteiger partial charge is 0.385 e. The summed E-state index contributed by atoms with van der Waals surface area (Å²) in [6.45, 7) is 6.00. The molecule has 0 radical (unpaired) electrons. The Morgan fingerprint density at radius 1 is 0.559 bits per heavy atom. The van der Waals surface area contributed by atoms with E-state index in [1.807, 2.05) is 6.92 Å². The zero-order valence-electron chi connectivity index (χ0n) is 38.8. The molecule has 10 nitrogen and oxygen atoms in total. The summed E-state index contributed by atoms with van der Waals surface area (Å²) in [4.78, 5) is 36.8. The summed E-state index contributed by atoms with van der Waals surface area (Å²) in [6, 6.07) is 0. The van der Waals surface area contributed by atoms with E-state index in [2.05, 4.69) is 38.2 Å². The maximum atomic E-state index is 13.7. The van der Waals surface area contributed by atoms with Gasteiger partial charge in [0.05, 0.1) is 27.2 Å². The van der Waals surface area contributed by atoms with Gasteiger partial charge in [-0.1, -0.05) is 148 Å². The quantitative estimate of drug-likeness (QED) is 0.0136. The summed E-state index contributed by atoms with van der Waals surface area (Å²) >= 11 is 0. The third-order valence-corrected chi connectivity index (χ3v) is 13.3. The second kappa shape index (κ2) is 39.3. The predicted octanol–water partition coefficient (Wildman–Crippen LogP) is 12.6. The molecule has 0 aliphatic rings. The topological polar surface area (TPSA) is 140 Å². The monoisotopic (exact) mass is 859 g/mol. The number of aliphatic hydroxyl groups is 2. The van der Waals surface area contributed by atoms with Gasteiger partial charge in [-0.2, -0.15) is 0 Å². The minimum atomic E-state index is -4.28. The van der Waals surface area contributed by atoms with Crippen molar-refractivity contribution < 1.29 is 47.7 Å². The van der Waals surface area contributed by atoms with Crippen LogP contribution in [0, 0.1) is 0 Å². The van der Waals surface area contributed by atoms with E-state index in [1.54, 1.807) is 14.1 Å². The molecule has 0 bridgehead atoms. The van der Waals surface area contributed by atoms with E-state index in [9.17, 15) is 29.3 Å². The molecular formula is C48H93NO9P+. The number of esters is 2. The molecule has 0 spiro atoms. The molecule has 0 saturated heterocycles. The molecule has 0 fully saturated rings. The highest BCUT2D eigenvalue weighted by Crippen LogP contribution is 2.52. The Hall–Kier alpha value is -1.55. The molecule has 0 aromatic heterocycles.